The molecular formula is C18H14F9O3P. The van der Waals surface area contributed by atoms with Gasteiger partial charge < -0.3 is 9.79 Å². The normalized spacial score (nSPS) is 14.1. The minimum atomic E-state index is -5.76. The van der Waals surface area contributed by atoms with Crippen molar-refractivity contribution in [1.82, 2.24) is 0 Å². The Labute approximate surface area is 169 Å². The second-order valence-corrected chi connectivity index (χ2v) is 8.32. The van der Waals surface area contributed by atoms with Gasteiger partial charge in [-0.25, -0.2) is 39.5 Å². The Morgan fingerprint density at radius 3 is 1.39 bits per heavy atom. The SMILES string of the molecule is CCC(CC(C)c1c(F)c(F)c(F)c(F)c1F)c1c(F)c(F)c(P(=O)(O)O)c(F)c1F. The summed E-state index contributed by atoms with van der Waals surface area (Å²) in [5.74, 6) is -23.4. The number of benzene rings is 2. The van der Waals surface area contributed by atoms with Gasteiger partial charge in [0.2, 0.25) is 5.82 Å². The Kier molecular flexibility index (Phi) is 7.19. The van der Waals surface area contributed by atoms with Crippen molar-refractivity contribution in [1.29, 1.82) is 0 Å². The molecule has 0 saturated carbocycles. The summed E-state index contributed by atoms with van der Waals surface area (Å²) in [6, 6.07) is 0. The molecule has 0 aliphatic heterocycles. The summed E-state index contributed by atoms with van der Waals surface area (Å²) >= 11 is 0. The van der Waals surface area contributed by atoms with Gasteiger partial charge >= 0.3 is 7.60 Å². The Morgan fingerprint density at radius 1 is 0.677 bits per heavy atom. The molecule has 2 N–H and O–H groups in total. The van der Waals surface area contributed by atoms with Gasteiger partial charge in [0.15, 0.2) is 46.5 Å². The van der Waals surface area contributed by atoms with Gasteiger partial charge in [0, 0.05) is 11.1 Å². The average molecular weight is 480 g/mol. The first-order valence-electron chi connectivity index (χ1n) is 8.59. The second-order valence-electron chi connectivity index (χ2n) is 6.79. The van der Waals surface area contributed by atoms with E-state index in [1.165, 1.54) is 6.92 Å². The molecule has 0 fully saturated rings. The smallest absolute Gasteiger partial charge is 0.321 e. The summed E-state index contributed by atoms with van der Waals surface area (Å²) in [4.78, 5) is 17.9. The Morgan fingerprint density at radius 2 is 1.03 bits per heavy atom. The fourth-order valence-electron chi connectivity index (χ4n) is 3.34. The molecule has 0 amide bonds. The highest BCUT2D eigenvalue weighted by molar-refractivity contribution is 7.60. The van der Waals surface area contributed by atoms with Gasteiger partial charge in [-0.3, -0.25) is 4.57 Å². The maximum Gasteiger partial charge on any atom is 0.362 e. The van der Waals surface area contributed by atoms with E-state index in [1.54, 1.807) is 0 Å². The van der Waals surface area contributed by atoms with Gasteiger partial charge in [-0.05, 0) is 24.7 Å². The van der Waals surface area contributed by atoms with E-state index in [0.29, 0.717) is 0 Å². The summed E-state index contributed by atoms with van der Waals surface area (Å²) in [6.07, 6.45) is -1.04. The largest absolute Gasteiger partial charge is 0.362 e. The van der Waals surface area contributed by atoms with Crippen LogP contribution in [0, 0.1) is 52.4 Å². The van der Waals surface area contributed by atoms with Gasteiger partial charge in [-0.15, -0.1) is 0 Å². The summed E-state index contributed by atoms with van der Waals surface area (Å²) < 4.78 is 136. The molecule has 0 heterocycles. The molecule has 2 aromatic rings. The molecule has 2 rings (SSSR count). The van der Waals surface area contributed by atoms with Crippen molar-refractivity contribution in [3.8, 4) is 0 Å². The van der Waals surface area contributed by atoms with E-state index in [0.717, 1.165) is 6.92 Å². The van der Waals surface area contributed by atoms with Crippen LogP contribution in [0.2, 0.25) is 0 Å². The van der Waals surface area contributed by atoms with Crippen molar-refractivity contribution in [2.45, 2.75) is 38.5 Å². The van der Waals surface area contributed by atoms with Crippen LogP contribution >= 0.6 is 7.60 Å². The lowest BCUT2D eigenvalue weighted by Gasteiger charge is -2.23. The van der Waals surface area contributed by atoms with Gasteiger partial charge in [0.05, 0.1) is 0 Å². The van der Waals surface area contributed by atoms with E-state index in [9.17, 15) is 44.1 Å². The first-order valence-corrected chi connectivity index (χ1v) is 10.2. The number of rotatable bonds is 6. The van der Waals surface area contributed by atoms with Crippen LogP contribution in [0.15, 0.2) is 0 Å². The molecule has 0 aliphatic rings. The summed E-state index contributed by atoms with van der Waals surface area (Å²) in [5, 5.41) is -2.13. The second kappa shape index (κ2) is 8.84. The minimum absolute atomic E-state index is 0.318. The maximum atomic E-state index is 14.4. The van der Waals surface area contributed by atoms with Crippen molar-refractivity contribution in [3.63, 3.8) is 0 Å². The topological polar surface area (TPSA) is 57.5 Å². The van der Waals surface area contributed by atoms with Crippen LogP contribution in [0.1, 0.15) is 49.7 Å². The number of hydrogen-bond donors (Lipinski definition) is 2. The van der Waals surface area contributed by atoms with E-state index in [4.69, 9.17) is 9.79 Å². The molecule has 2 aromatic carbocycles. The molecule has 0 spiro atoms. The lowest BCUT2D eigenvalue weighted by atomic mass is 9.83. The van der Waals surface area contributed by atoms with Gasteiger partial charge in [-0.1, -0.05) is 13.8 Å². The predicted molar refractivity (Wildman–Crippen MR) is 90.2 cm³/mol. The van der Waals surface area contributed by atoms with Crippen LogP contribution in [-0.4, -0.2) is 9.79 Å². The van der Waals surface area contributed by atoms with Gasteiger partial charge in [0.25, 0.3) is 0 Å². The molecule has 3 nitrogen and oxygen atoms in total. The highest BCUT2D eigenvalue weighted by Gasteiger charge is 2.38. The molecule has 0 saturated heterocycles. The molecule has 0 aromatic heterocycles. The third kappa shape index (κ3) is 4.33. The zero-order valence-corrected chi connectivity index (χ0v) is 16.6. The molecule has 2 unspecified atom stereocenters. The summed E-state index contributed by atoms with van der Waals surface area (Å²) in [5.41, 5.74) is -2.60. The third-order valence-corrected chi connectivity index (χ3v) is 5.82. The minimum Gasteiger partial charge on any atom is -0.321 e. The van der Waals surface area contributed by atoms with E-state index < -0.39 is 94.6 Å². The van der Waals surface area contributed by atoms with Crippen LogP contribution < -0.4 is 5.30 Å². The lowest BCUT2D eigenvalue weighted by molar-refractivity contribution is 0.357. The monoisotopic (exact) mass is 480 g/mol. The Hall–Kier alpha value is -2.04. The average Bonchev–Trinajstić information content (AvgIpc) is 2.67. The molecule has 0 bridgehead atoms. The van der Waals surface area contributed by atoms with E-state index >= 15 is 0 Å². The highest BCUT2D eigenvalue weighted by atomic mass is 31.2. The summed E-state index contributed by atoms with van der Waals surface area (Å²) in [7, 11) is -5.76. The highest BCUT2D eigenvalue weighted by Crippen LogP contribution is 2.42. The van der Waals surface area contributed by atoms with Gasteiger partial charge in [0.1, 0.15) is 5.30 Å². The predicted octanol–water partition coefficient (Wildman–Crippen LogP) is 5.43. The molecule has 0 radical (unpaired) electrons. The van der Waals surface area contributed by atoms with Crippen LogP contribution in [0.5, 0.6) is 0 Å². The van der Waals surface area contributed by atoms with Crippen molar-refractivity contribution in [2.24, 2.45) is 0 Å². The fraction of sp³-hybridized carbons (Fsp3) is 0.333. The lowest BCUT2D eigenvalue weighted by Crippen LogP contribution is -2.23. The molecule has 2 atom stereocenters. The Balaban J connectivity index is 2.61. The molecular weight excluding hydrogens is 466 g/mol. The molecule has 0 aliphatic carbocycles. The standard InChI is InChI=1S/C18H14F9O3P/c1-3-6(4-5(2)7-9(19)13(23)15(25)14(24)10(7)20)8-11(21)16(26)18(31(28,29)30)17(27)12(8)22/h5-6H,3-4H2,1-2H3,(H2,28,29,30). The number of halogens is 9. The van der Waals surface area contributed by atoms with Crippen LogP contribution in [0.3, 0.4) is 0 Å². The summed E-state index contributed by atoms with van der Waals surface area (Å²) in [6.45, 7) is 2.22. The van der Waals surface area contributed by atoms with Crippen LogP contribution in [0.25, 0.3) is 0 Å². The third-order valence-electron chi connectivity index (χ3n) is 4.84. The molecule has 172 valence electrons. The zero-order valence-electron chi connectivity index (χ0n) is 15.7. The van der Waals surface area contributed by atoms with E-state index in [-0.39, 0.29) is 6.42 Å². The Bertz CT molecular complexity index is 1030. The fourth-order valence-corrected chi connectivity index (χ4v) is 4.05. The first kappa shape index (κ1) is 25.2. The number of hydrogen-bond acceptors (Lipinski definition) is 1. The van der Waals surface area contributed by atoms with Crippen molar-refractivity contribution in [2.75, 3.05) is 0 Å². The van der Waals surface area contributed by atoms with E-state index in [2.05, 4.69) is 0 Å². The molecule has 31 heavy (non-hydrogen) atoms. The van der Waals surface area contributed by atoms with Gasteiger partial charge in [-0.2, -0.15) is 0 Å². The van der Waals surface area contributed by atoms with Crippen molar-refractivity contribution >= 4 is 12.9 Å². The quantitative estimate of drug-likeness (QED) is 0.251. The first-order chi connectivity index (χ1) is 14.2. The maximum absolute atomic E-state index is 14.4. The zero-order chi connectivity index (χ0) is 24.0. The van der Waals surface area contributed by atoms with Crippen molar-refractivity contribution < 1.29 is 53.9 Å². The van der Waals surface area contributed by atoms with E-state index in [1.807, 2.05) is 0 Å². The van der Waals surface area contributed by atoms with Crippen LogP contribution in [0.4, 0.5) is 39.5 Å². The van der Waals surface area contributed by atoms with Crippen LogP contribution in [-0.2, 0) is 4.57 Å². The van der Waals surface area contributed by atoms with Crippen molar-refractivity contribution in [3.05, 3.63) is 63.5 Å². The molecule has 13 heteroatoms.